The third kappa shape index (κ3) is 8.61. The molecule has 0 aromatic heterocycles. The topological polar surface area (TPSA) is 67.8 Å². The van der Waals surface area contributed by atoms with Crippen molar-refractivity contribution in [3.63, 3.8) is 0 Å². The van der Waals surface area contributed by atoms with Crippen LogP contribution >= 0.6 is 0 Å². The Labute approximate surface area is 170 Å². The van der Waals surface area contributed by atoms with E-state index in [9.17, 15) is 9.90 Å². The van der Waals surface area contributed by atoms with Crippen LogP contribution in [0.2, 0.25) is 0 Å². The van der Waals surface area contributed by atoms with E-state index in [1.54, 1.807) is 0 Å². The van der Waals surface area contributed by atoms with Crippen molar-refractivity contribution in [1.82, 2.24) is 5.32 Å². The minimum atomic E-state index is -0.576. The Balaban J connectivity index is 2.64. The lowest BCUT2D eigenvalue weighted by atomic mass is 10.0. The fraction of sp³-hybridized carbons (Fsp3) is 0.696. The quantitative estimate of drug-likeness (QED) is 0.291. The van der Waals surface area contributed by atoms with Crippen molar-refractivity contribution < 1.29 is 19.4 Å². The normalized spacial score (nSPS) is 12.3. The van der Waals surface area contributed by atoms with Crippen molar-refractivity contribution >= 4 is 5.97 Å². The molecular weight excluding hydrogens is 354 g/mol. The van der Waals surface area contributed by atoms with Gasteiger partial charge in [-0.05, 0) is 49.9 Å². The van der Waals surface area contributed by atoms with Gasteiger partial charge in [0.25, 0.3) is 0 Å². The summed E-state index contributed by atoms with van der Waals surface area (Å²) in [5.74, 6) is 1.18. The number of esters is 1. The molecule has 2 N–H and O–H groups in total. The van der Waals surface area contributed by atoms with Gasteiger partial charge in [-0.1, -0.05) is 46.5 Å². The van der Waals surface area contributed by atoms with Gasteiger partial charge in [-0.3, -0.25) is 4.79 Å². The minimum absolute atomic E-state index is 0.175. The first kappa shape index (κ1) is 24.4. The third-order valence-electron chi connectivity index (χ3n) is 4.87. The van der Waals surface area contributed by atoms with Crippen LogP contribution < -0.4 is 14.8 Å². The van der Waals surface area contributed by atoms with E-state index in [-0.39, 0.29) is 12.6 Å². The zero-order valence-corrected chi connectivity index (χ0v) is 18.6. The van der Waals surface area contributed by atoms with E-state index in [1.807, 2.05) is 40.7 Å². The van der Waals surface area contributed by atoms with E-state index in [2.05, 4.69) is 12.2 Å². The molecule has 160 valence electrons. The van der Waals surface area contributed by atoms with Crippen molar-refractivity contribution in [2.75, 3.05) is 13.2 Å². The van der Waals surface area contributed by atoms with E-state index in [4.69, 9.17) is 9.47 Å². The minimum Gasteiger partial charge on any atom is -0.491 e. The second-order valence-corrected chi connectivity index (χ2v) is 7.94. The summed E-state index contributed by atoms with van der Waals surface area (Å²) < 4.78 is 11.5. The van der Waals surface area contributed by atoms with Crippen LogP contribution in [0.4, 0.5) is 0 Å². The molecule has 0 saturated heterocycles. The van der Waals surface area contributed by atoms with E-state index < -0.39 is 6.10 Å². The number of benzene rings is 1. The van der Waals surface area contributed by atoms with Gasteiger partial charge in [-0.2, -0.15) is 0 Å². The summed E-state index contributed by atoms with van der Waals surface area (Å²) in [5, 5.41) is 13.2. The van der Waals surface area contributed by atoms with Gasteiger partial charge in [-0.25, -0.2) is 0 Å². The molecule has 0 aliphatic rings. The van der Waals surface area contributed by atoms with Crippen LogP contribution in [0.3, 0.4) is 0 Å². The lowest BCUT2D eigenvalue weighted by Gasteiger charge is -2.19. The molecule has 5 heteroatoms. The van der Waals surface area contributed by atoms with Crippen LogP contribution in [0.1, 0.15) is 76.0 Å². The highest BCUT2D eigenvalue weighted by Gasteiger charge is 2.16. The predicted octanol–water partition coefficient (Wildman–Crippen LogP) is 4.62. The van der Waals surface area contributed by atoms with E-state index in [1.165, 1.54) is 19.3 Å². The molecule has 1 atom stereocenters. The number of rotatable bonds is 13. The number of aliphatic hydroxyl groups is 1. The molecule has 28 heavy (non-hydrogen) atoms. The highest BCUT2D eigenvalue weighted by molar-refractivity contribution is 5.73. The van der Waals surface area contributed by atoms with E-state index in [0.717, 1.165) is 35.3 Å². The number of carbonyl (C=O) groups excluding carboxylic acids is 1. The fourth-order valence-corrected chi connectivity index (χ4v) is 2.98. The van der Waals surface area contributed by atoms with Gasteiger partial charge in [0, 0.05) is 19.0 Å². The third-order valence-corrected chi connectivity index (χ3v) is 4.87. The predicted molar refractivity (Wildman–Crippen MR) is 114 cm³/mol. The smallest absolute Gasteiger partial charge is 0.311 e. The Hall–Kier alpha value is -1.59. The van der Waals surface area contributed by atoms with Gasteiger partial charge < -0.3 is 19.9 Å². The zero-order chi connectivity index (χ0) is 21.1. The van der Waals surface area contributed by atoms with Crippen LogP contribution in [0, 0.1) is 20.8 Å². The summed E-state index contributed by atoms with van der Waals surface area (Å²) in [7, 11) is 0. The number of unbranched alkanes of at least 4 members (excludes halogenated alkanes) is 4. The molecule has 1 unspecified atom stereocenters. The highest BCUT2D eigenvalue weighted by Crippen LogP contribution is 2.33. The average Bonchev–Trinajstić information content (AvgIpc) is 2.65. The van der Waals surface area contributed by atoms with Crippen molar-refractivity contribution in [3.8, 4) is 11.5 Å². The first-order valence-corrected chi connectivity index (χ1v) is 10.6. The first-order chi connectivity index (χ1) is 13.3. The Kier molecular flexibility index (Phi) is 11.2. The summed E-state index contributed by atoms with van der Waals surface area (Å²) in [4.78, 5) is 12.2. The Morgan fingerprint density at radius 2 is 1.79 bits per heavy atom. The summed E-state index contributed by atoms with van der Waals surface area (Å²) in [6.07, 6.45) is 5.41. The molecule has 5 nitrogen and oxygen atoms in total. The number of hydrogen-bond donors (Lipinski definition) is 2. The monoisotopic (exact) mass is 393 g/mol. The molecule has 1 rings (SSSR count). The van der Waals surface area contributed by atoms with E-state index >= 15 is 0 Å². The SMILES string of the molecule is CCCCCCCC(=O)Oc1c(C)cc(OCC(O)CNC(C)C)c(C)c1C. The van der Waals surface area contributed by atoms with Crippen LogP contribution in [-0.2, 0) is 4.79 Å². The zero-order valence-electron chi connectivity index (χ0n) is 18.6. The molecular formula is C23H39NO4. The summed E-state index contributed by atoms with van der Waals surface area (Å²) in [6.45, 7) is 12.8. The van der Waals surface area contributed by atoms with Crippen LogP contribution in [0.5, 0.6) is 11.5 Å². The van der Waals surface area contributed by atoms with Gasteiger partial charge in [-0.15, -0.1) is 0 Å². The summed E-state index contributed by atoms with van der Waals surface area (Å²) in [5.41, 5.74) is 2.71. The lowest BCUT2D eigenvalue weighted by Crippen LogP contribution is -2.35. The maximum absolute atomic E-state index is 12.2. The molecule has 0 aliphatic heterocycles. The molecule has 0 saturated carbocycles. The standard InChI is InChI=1S/C23H39NO4/c1-7-8-9-10-11-12-22(26)28-23-17(4)13-21(18(5)19(23)6)27-15-20(25)14-24-16(2)3/h13,16,20,24-25H,7-12,14-15H2,1-6H3. The molecule has 1 aromatic carbocycles. The second kappa shape index (κ2) is 12.8. The fourth-order valence-electron chi connectivity index (χ4n) is 2.98. The van der Waals surface area contributed by atoms with E-state index in [0.29, 0.717) is 24.8 Å². The van der Waals surface area contributed by atoms with Crippen molar-refractivity contribution in [2.45, 2.75) is 92.2 Å². The van der Waals surface area contributed by atoms with Crippen molar-refractivity contribution in [1.29, 1.82) is 0 Å². The number of ether oxygens (including phenoxy) is 2. The molecule has 0 fully saturated rings. The van der Waals surface area contributed by atoms with Crippen LogP contribution in [0.25, 0.3) is 0 Å². The number of hydrogen-bond acceptors (Lipinski definition) is 5. The Morgan fingerprint density at radius 1 is 1.11 bits per heavy atom. The molecule has 1 aromatic rings. The summed E-state index contributed by atoms with van der Waals surface area (Å²) >= 11 is 0. The maximum atomic E-state index is 12.2. The highest BCUT2D eigenvalue weighted by atomic mass is 16.5. The van der Waals surface area contributed by atoms with Gasteiger partial charge in [0.15, 0.2) is 0 Å². The van der Waals surface area contributed by atoms with Crippen molar-refractivity contribution in [2.24, 2.45) is 0 Å². The molecule has 0 aliphatic carbocycles. The average molecular weight is 394 g/mol. The molecule has 0 amide bonds. The lowest BCUT2D eigenvalue weighted by molar-refractivity contribution is -0.134. The molecule has 0 spiro atoms. The maximum Gasteiger partial charge on any atom is 0.311 e. The van der Waals surface area contributed by atoms with Gasteiger partial charge in [0.05, 0.1) is 0 Å². The Bertz CT molecular complexity index is 613. The molecule has 0 radical (unpaired) electrons. The number of aliphatic hydroxyl groups excluding tert-OH is 1. The molecule has 0 heterocycles. The van der Waals surface area contributed by atoms with Crippen LogP contribution in [0.15, 0.2) is 6.07 Å². The van der Waals surface area contributed by atoms with Gasteiger partial charge in [0.1, 0.15) is 24.2 Å². The van der Waals surface area contributed by atoms with Gasteiger partial charge >= 0.3 is 5.97 Å². The number of aryl methyl sites for hydroxylation is 1. The second-order valence-electron chi connectivity index (χ2n) is 7.94. The van der Waals surface area contributed by atoms with Gasteiger partial charge in [0.2, 0.25) is 0 Å². The van der Waals surface area contributed by atoms with Crippen LogP contribution in [-0.4, -0.2) is 36.4 Å². The Morgan fingerprint density at radius 3 is 2.43 bits per heavy atom. The largest absolute Gasteiger partial charge is 0.491 e. The molecule has 0 bridgehead atoms. The van der Waals surface area contributed by atoms with Crippen molar-refractivity contribution in [3.05, 3.63) is 22.8 Å². The first-order valence-electron chi connectivity index (χ1n) is 10.6. The number of carbonyl (C=O) groups is 1. The number of nitrogens with one attached hydrogen (secondary N) is 1. The summed E-state index contributed by atoms with van der Waals surface area (Å²) in [6, 6.07) is 2.20.